The first kappa shape index (κ1) is 19.9. The van der Waals surface area contributed by atoms with Crippen LogP contribution in [0.2, 0.25) is 0 Å². The molecule has 0 radical (unpaired) electrons. The number of fused-ring (bicyclic) bond motifs is 7. The summed E-state index contributed by atoms with van der Waals surface area (Å²) in [4.78, 5) is 0. The Morgan fingerprint density at radius 1 is 0.636 bits per heavy atom. The van der Waals surface area contributed by atoms with Crippen molar-refractivity contribution in [3.63, 3.8) is 0 Å². The van der Waals surface area contributed by atoms with E-state index in [1.165, 1.54) is 0 Å². The summed E-state index contributed by atoms with van der Waals surface area (Å²) in [5, 5.41) is 4.11. The van der Waals surface area contributed by atoms with E-state index in [0.29, 0.717) is 17.2 Å². The molecule has 1 heterocycles. The summed E-state index contributed by atoms with van der Waals surface area (Å²) in [7, 11) is -4.03. The maximum Gasteiger partial charge on any atom is 0.647 e. The molecule has 0 atom stereocenters. The Labute approximate surface area is 192 Å². The van der Waals surface area contributed by atoms with Gasteiger partial charge >= 0.3 is 7.82 Å². The third-order valence-corrected chi connectivity index (χ3v) is 7.42. The van der Waals surface area contributed by atoms with Gasteiger partial charge in [0.1, 0.15) is 17.2 Å². The highest BCUT2D eigenvalue weighted by Crippen LogP contribution is 2.59. The Kier molecular flexibility index (Phi) is 4.46. The fraction of sp³-hybridized carbons (Fsp3) is 0.0714. The van der Waals surface area contributed by atoms with Crippen molar-refractivity contribution in [1.29, 1.82) is 0 Å². The van der Waals surface area contributed by atoms with Gasteiger partial charge in [-0.05, 0) is 70.8 Å². The van der Waals surface area contributed by atoms with Gasteiger partial charge in [0.05, 0.1) is 0 Å². The maximum atomic E-state index is 13.9. The molecule has 33 heavy (non-hydrogen) atoms. The van der Waals surface area contributed by atoms with E-state index in [1.807, 2.05) is 86.6 Å². The van der Waals surface area contributed by atoms with Gasteiger partial charge in [-0.1, -0.05) is 66.7 Å². The van der Waals surface area contributed by atoms with Gasteiger partial charge in [-0.3, -0.25) is 0 Å². The van der Waals surface area contributed by atoms with Crippen molar-refractivity contribution in [3.05, 3.63) is 102 Å². The average Bonchev–Trinajstić information content (AvgIpc) is 2.95. The van der Waals surface area contributed by atoms with E-state index in [2.05, 4.69) is 12.1 Å². The molecule has 0 saturated carbocycles. The summed E-state index contributed by atoms with van der Waals surface area (Å²) in [6.45, 7) is 4.00. The first-order valence-corrected chi connectivity index (χ1v) is 12.3. The van der Waals surface area contributed by atoms with Gasteiger partial charge in [0, 0.05) is 11.1 Å². The van der Waals surface area contributed by atoms with Gasteiger partial charge in [0.15, 0.2) is 0 Å². The zero-order chi connectivity index (χ0) is 22.6. The highest BCUT2D eigenvalue weighted by atomic mass is 31.2. The molecule has 5 aromatic rings. The quantitative estimate of drug-likeness (QED) is 0.253. The smallest absolute Gasteiger partial charge is 0.386 e. The average molecular weight is 452 g/mol. The molecule has 4 nitrogen and oxygen atoms in total. The number of aryl methyl sites for hydroxylation is 2. The van der Waals surface area contributed by atoms with Gasteiger partial charge in [-0.15, -0.1) is 0 Å². The van der Waals surface area contributed by atoms with Crippen molar-refractivity contribution in [2.75, 3.05) is 0 Å². The SMILES string of the molecule is Cc1ccc(OP2(=O)Oc3ccc4ccccc4c3-c3c(ccc4ccccc34)O2)cc1C. The molecule has 5 aromatic carbocycles. The molecule has 0 fully saturated rings. The minimum absolute atomic E-state index is 0.438. The summed E-state index contributed by atoms with van der Waals surface area (Å²) in [6.07, 6.45) is 0. The van der Waals surface area contributed by atoms with E-state index < -0.39 is 7.82 Å². The summed E-state index contributed by atoms with van der Waals surface area (Å²) in [6, 6.07) is 29.3. The summed E-state index contributed by atoms with van der Waals surface area (Å²) in [5.74, 6) is 1.37. The van der Waals surface area contributed by atoms with E-state index in [1.54, 1.807) is 6.07 Å². The van der Waals surface area contributed by atoms with Crippen LogP contribution in [0.15, 0.2) is 91.0 Å². The standard InChI is InChI=1S/C28H21O4P/c1-18-11-14-22(17-19(18)2)30-33(29)31-25-15-12-20-7-3-5-9-23(20)27(25)28-24-10-6-4-8-21(24)13-16-26(28)32-33/h3-17H,1-2H3. The fourth-order valence-corrected chi connectivity index (χ4v) is 5.64. The summed E-state index contributed by atoms with van der Waals surface area (Å²) >= 11 is 0. The van der Waals surface area contributed by atoms with Crippen LogP contribution in [0.1, 0.15) is 11.1 Å². The van der Waals surface area contributed by atoms with Crippen LogP contribution in [0.3, 0.4) is 0 Å². The Bertz CT molecular complexity index is 1510. The van der Waals surface area contributed by atoms with Crippen LogP contribution < -0.4 is 13.6 Å². The maximum absolute atomic E-state index is 13.9. The van der Waals surface area contributed by atoms with E-state index in [0.717, 1.165) is 43.8 Å². The molecule has 1 aliphatic heterocycles. The minimum atomic E-state index is -4.03. The van der Waals surface area contributed by atoms with E-state index in [9.17, 15) is 4.57 Å². The van der Waals surface area contributed by atoms with Gasteiger partial charge in [-0.25, -0.2) is 0 Å². The van der Waals surface area contributed by atoms with Gasteiger partial charge < -0.3 is 13.6 Å². The van der Waals surface area contributed by atoms with Crippen molar-refractivity contribution < 1.29 is 18.1 Å². The molecule has 0 bridgehead atoms. The zero-order valence-corrected chi connectivity index (χ0v) is 19.1. The Morgan fingerprint density at radius 2 is 1.18 bits per heavy atom. The molecule has 5 heteroatoms. The molecule has 0 aliphatic carbocycles. The number of rotatable bonds is 2. The van der Waals surface area contributed by atoms with E-state index in [-0.39, 0.29) is 0 Å². The lowest BCUT2D eigenvalue weighted by atomic mass is 9.92. The predicted molar refractivity (Wildman–Crippen MR) is 132 cm³/mol. The summed E-state index contributed by atoms with van der Waals surface area (Å²) in [5.41, 5.74) is 3.85. The second-order valence-corrected chi connectivity index (χ2v) is 9.73. The normalized spacial score (nSPS) is 14.0. The molecular weight excluding hydrogens is 431 g/mol. The second kappa shape index (κ2) is 7.40. The molecule has 1 aliphatic rings. The summed E-state index contributed by atoms with van der Waals surface area (Å²) < 4.78 is 32.0. The largest absolute Gasteiger partial charge is 0.647 e. The molecule has 0 saturated heterocycles. The first-order valence-electron chi connectivity index (χ1n) is 10.8. The van der Waals surface area contributed by atoms with Gasteiger partial charge in [-0.2, -0.15) is 4.57 Å². The second-order valence-electron chi connectivity index (χ2n) is 8.29. The van der Waals surface area contributed by atoms with Crippen LogP contribution in [-0.4, -0.2) is 0 Å². The van der Waals surface area contributed by atoms with Gasteiger partial charge in [0.2, 0.25) is 0 Å². The van der Waals surface area contributed by atoms with Crippen molar-refractivity contribution in [2.24, 2.45) is 0 Å². The Morgan fingerprint density at radius 3 is 1.73 bits per heavy atom. The number of phosphoric ester groups is 1. The third-order valence-electron chi connectivity index (χ3n) is 6.15. The zero-order valence-electron chi connectivity index (χ0n) is 18.2. The lowest BCUT2D eigenvalue weighted by Gasteiger charge is -2.18. The molecule has 0 N–H and O–H groups in total. The van der Waals surface area contributed by atoms with E-state index in [4.69, 9.17) is 13.6 Å². The lowest BCUT2D eigenvalue weighted by molar-refractivity contribution is 0.302. The molecule has 0 spiro atoms. The first-order chi connectivity index (χ1) is 16.0. The van der Waals surface area contributed by atoms with Crippen molar-refractivity contribution >= 4 is 29.4 Å². The molecule has 162 valence electrons. The minimum Gasteiger partial charge on any atom is -0.386 e. The van der Waals surface area contributed by atoms with Crippen LogP contribution in [-0.2, 0) is 4.57 Å². The number of phosphoric acid groups is 1. The number of hydrogen-bond acceptors (Lipinski definition) is 4. The number of hydrogen-bond donors (Lipinski definition) is 0. The number of benzene rings is 5. The van der Waals surface area contributed by atoms with Crippen LogP contribution >= 0.6 is 7.82 Å². The molecule has 6 rings (SSSR count). The molecule has 0 unspecified atom stereocenters. The van der Waals surface area contributed by atoms with E-state index >= 15 is 0 Å². The lowest BCUT2D eigenvalue weighted by Crippen LogP contribution is -2.06. The van der Waals surface area contributed by atoms with Crippen molar-refractivity contribution in [2.45, 2.75) is 13.8 Å². The molecule has 0 aromatic heterocycles. The Hall–Kier alpha value is -3.75. The van der Waals surface area contributed by atoms with Crippen LogP contribution in [0.4, 0.5) is 0 Å². The van der Waals surface area contributed by atoms with Crippen molar-refractivity contribution in [3.8, 4) is 28.4 Å². The van der Waals surface area contributed by atoms with Crippen LogP contribution in [0.5, 0.6) is 17.2 Å². The Balaban J connectivity index is 1.62. The van der Waals surface area contributed by atoms with Crippen LogP contribution in [0, 0.1) is 13.8 Å². The van der Waals surface area contributed by atoms with Gasteiger partial charge in [0.25, 0.3) is 0 Å². The highest BCUT2D eigenvalue weighted by molar-refractivity contribution is 7.49. The highest BCUT2D eigenvalue weighted by Gasteiger charge is 2.39. The predicted octanol–water partition coefficient (Wildman–Crippen LogP) is 8.24. The molecular formula is C28H21O4P. The third kappa shape index (κ3) is 3.35. The van der Waals surface area contributed by atoms with Crippen LogP contribution in [0.25, 0.3) is 32.7 Å². The topological polar surface area (TPSA) is 44.8 Å². The monoisotopic (exact) mass is 452 g/mol. The fourth-order valence-electron chi connectivity index (χ4n) is 4.37. The van der Waals surface area contributed by atoms with Crippen molar-refractivity contribution in [1.82, 2.24) is 0 Å². The molecule has 0 amide bonds.